The summed E-state index contributed by atoms with van der Waals surface area (Å²) in [6.07, 6.45) is 3.01. The molecule has 3 heterocycles. The maximum absolute atomic E-state index is 13.8. The van der Waals surface area contributed by atoms with Gasteiger partial charge in [-0.1, -0.05) is 0 Å². The molecule has 4 rings (SSSR count). The summed E-state index contributed by atoms with van der Waals surface area (Å²) in [6, 6.07) is 5.32. The Balaban J connectivity index is 1.55. The predicted molar refractivity (Wildman–Crippen MR) is 125 cm³/mol. The van der Waals surface area contributed by atoms with Gasteiger partial charge in [0.05, 0.1) is 23.4 Å². The van der Waals surface area contributed by atoms with Crippen LogP contribution in [-0.4, -0.2) is 44.3 Å². The smallest absolute Gasteiger partial charge is 0.414 e. The van der Waals surface area contributed by atoms with E-state index in [1.807, 2.05) is 0 Å². The third kappa shape index (κ3) is 5.81. The fraction of sp³-hybridized carbons (Fsp3) is 0.292. The zero-order valence-electron chi connectivity index (χ0n) is 19.4. The number of hydrogen-bond donors (Lipinski definition) is 3. The first-order valence-electron chi connectivity index (χ1n) is 10.8. The summed E-state index contributed by atoms with van der Waals surface area (Å²) in [5.74, 6) is -0.615. The van der Waals surface area contributed by atoms with Crippen molar-refractivity contribution in [1.29, 1.82) is 0 Å². The lowest BCUT2D eigenvalue weighted by Crippen LogP contribution is -2.27. The summed E-state index contributed by atoms with van der Waals surface area (Å²) >= 11 is 0. The van der Waals surface area contributed by atoms with E-state index in [-0.39, 0.29) is 18.1 Å². The van der Waals surface area contributed by atoms with Gasteiger partial charge in [0, 0.05) is 30.9 Å². The van der Waals surface area contributed by atoms with Crippen molar-refractivity contribution in [3.8, 4) is 17.0 Å². The van der Waals surface area contributed by atoms with Gasteiger partial charge in [0.1, 0.15) is 23.0 Å². The lowest BCUT2D eigenvalue weighted by molar-refractivity contribution is 0.0632. The molecule has 0 atom stereocenters. The maximum Gasteiger partial charge on any atom is 0.414 e. The molecule has 0 saturated heterocycles. The predicted octanol–water partition coefficient (Wildman–Crippen LogP) is 4.27. The van der Waals surface area contributed by atoms with Crippen LogP contribution in [0, 0.1) is 5.82 Å². The SMILES string of the molecule is CC(C)(C)OC(=O)Nc1nccc(-c2cnc(NCc3cc(F)cc(C(=O)O)c3)c3c2OCC3)n1. The van der Waals surface area contributed by atoms with Crippen LogP contribution in [0.25, 0.3) is 11.3 Å². The molecule has 0 spiro atoms. The summed E-state index contributed by atoms with van der Waals surface area (Å²) in [5.41, 5.74) is 1.62. The first-order chi connectivity index (χ1) is 16.6. The fourth-order valence-electron chi connectivity index (χ4n) is 3.55. The first kappa shape index (κ1) is 23.9. The molecule has 11 heteroatoms. The Hall–Kier alpha value is -4.28. The molecule has 1 aliphatic heterocycles. The van der Waals surface area contributed by atoms with Gasteiger partial charge < -0.3 is 19.9 Å². The van der Waals surface area contributed by atoms with Gasteiger partial charge in [0.2, 0.25) is 5.95 Å². The number of aromatic carboxylic acids is 1. The van der Waals surface area contributed by atoms with Crippen molar-refractivity contribution in [2.75, 3.05) is 17.2 Å². The minimum absolute atomic E-state index is 0.0750. The van der Waals surface area contributed by atoms with E-state index in [0.717, 1.165) is 11.6 Å². The molecule has 0 bridgehead atoms. The normalized spacial score (nSPS) is 12.5. The number of carboxylic acid groups (broad SMARTS) is 1. The molecule has 10 nitrogen and oxygen atoms in total. The number of amides is 1. The highest BCUT2D eigenvalue weighted by Gasteiger charge is 2.24. The van der Waals surface area contributed by atoms with Crippen LogP contribution in [0.3, 0.4) is 0 Å². The van der Waals surface area contributed by atoms with Gasteiger partial charge >= 0.3 is 12.1 Å². The largest absolute Gasteiger partial charge is 0.492 e. The molecular weight excluding hydrogens is 457 g/mol. The Bertz CT molecular complexity index is 1290. The number of aromatic nitrogens is 3. The maximum atomic E-state index is 13.8. The number of benzene rings is 1. The molecule has 1 aromatic carbocycles. The van der Waals surface area contributed by atoms with Crippen LogP contribution in [0.2, 0.25) is 0 Å². The van der Waals surface area contributed by atoms with Gasteiger partial charge in [-0.05, 0) is 50.6 Å². The van der Waals surface area contributed by atoms with Crippen LogP contribution in [-0.2, 0) is 17.7 Å². The summed E-state index contributed by atoms with van der Waals surface area (Å²) in [6.45, 7) is 5.88. The molecule has 2 aromatic heterocycles. The summed E-state index contributed by atoms with van der Waals surface area (Å²) in [7, 11) is 0. The van der Waals surface area contributed by atoms with E-state index < -0.39 is 23.5 Å². The van der Waals surface area contributed by atoms with Crippen molar-refractivity contribution >= 4 is 23.8 Å². The first-order valence-corrected chi connectivity index (χ1v) is 10.8. The highest BCUT2D eigenvalue weighted by atomic mass is 19.1. The van der Waals surface area contributed by atoms with Gasteiger partial charge in [-0.3, -0.25) is 5.32 Å². The van der Waals surface area contributed by atoms with Crippen molar-refractivity contribution in [3.05, 3.63) is 59.2 Å². The van der Waals surface area contributed by atoms with E-state index in [2.05, 4.69) is 25.6 Å². The third-order valence-electron chi connectivity index (χ3n) is 4.93. The number of pyridine rings is 1. The van der Waals surface area contributed by atoms with Crippen molar-refractivity contribution in [2.24, 2.45) is 0 Å². The van der Waals surface area contributed by atoms with Crippen LogP contribution in [0.1, 0.15) is 42.3 Å². The summed E-state index contributed by atoms with van der Waals surface area (Å²) in [4.78, 5) is 36.2. The van der Waals surface area contributed by atoms with Gasteiger partial charge in [-0.15, -0.1) is 0 Å². The Morgan fingerprint density at radius 2 is 2.03 bits per heavy atom. The standard InChI is InChI=1S/C24H24FN5O5/c1-24(2,3)35-23(33)30-22-26-6-4-18(29-22)17-12-28-20(16-5-7-34-19(16)17)27-11-13-8-14(21(31)32)10-15(25)9-13/h4,6,8-10,12H,5,7,11H2,1-3H3,(H,27,28)(H,31,32)(H,26,29,30,33). The van der Waals surface area contributed by atoms with E-state index in [9.17, 15) is 14.0 Å². The van der Waals surface area contributed by atoms with E-state index in [1.54, 1.807) is 33.0 Å². The van der Waals surface area contributed by atoms with Crippen molar-refractivity contribution in [3.63, 3.8) is 0 Å². The number of carboxylic acids is 1. The highest BCUT2D eigenvalue weighted by Crippen LogP contribution is 2.39. The molecule has 0 fully saturated rings. The van der Waals surface area contributed by atoms with Crippen LogP contribution < -0.4 is 15.4 Å². The molecule has 35 heavy (non-hydrogen) atoms. The number of hydrogen-bond acceptors (Lipinski definition) is 8. The van der Waals surface area contributed by atoms with Crippen LogP contribution >= 0.6 is 0 Å². The molecule has 0 aliphatic carbocycles. The van der Waals surface area contributed by atoms with E-state index in [0.29, 0.717) is 41.4 Å². The second kappa shape index (κ2) is 9.53. The quantitative estimate of drug-likeness (QED) is 0.471. The molecule has 3 N–H and O–H groups in total. The van der Waals surface area contributed by atoms with E-state index in [4.69, 9.17) is 14.6 Å². The van der Waals surface area contributed by atoms with E-state index >= 15 is 0 Å². The molecule has 0 unspecified atom stereocenters. The average molecular weight is 481 g/mol. The lowest BCUT2D eigenvalue weighted by atomic mass is 10.1. The van der Waals surface area contributed by atoms with Crippen LogP contribution in [0.4, 0.5) is 21.0 Å². The highest BCUT2D eigenvalue weighted by molar-refractivity contribution is 5.87. The lowest BCUT2D eigenvalue weighted by Gasteiger charge is -2.19. The Morgan fingerprint density at radius 3 is 2.77 bits per heavy atom. The second-order valence-corrected chi connectivity index (χ2v) is 8.83. The van der Waals surface area contributed by atoms with Gasteiger partial charge in [-0.25, -0.2) is 28.9 Å². The summed E-state index contributed by atoms with van der Waals surface area (Å²) in [5, 5.41) is 14.8. The number of fused-ring (bicyclic) bond motifs is 1. The molecule has 1 aliphatic rings. The monoisotopic (exact) mass is 481 g/mol. The second-order valence-electron chi connectivity index (χ2n) is 8.83. The van der Waals surface area contributed by atoms with Crippen LogP contribution in [0.5, 0.6) is 5.75 Å². The van der Waals surface area contributed by atoms with E-state index in [1.165, 1.54) is 18.3 Å². The fourth-order valence-corrected chi connectivity index (χ4v) is 3.55. The number of halogens is 1. The minimum atomic E-state index is -1.20. The van der Waals surface area contributed by atoms with Gasteiger partial charge in [0.25, 0.3) is 0 Å². The number of nitrogens with one attached hydrogen (secondary N) is 2. The molecule has 0 saturated carbocycles. The van der Waals surface area contributed by atoms with Crippen LogP contribution in [0.15, 0.2) is 36.7 Å². The molecule has 1 amide bonds. The number of anilines is 2. The number of carbonyl (C=O) groups is 2. The third-order valence-corrected chi connectivity index (χ3v) is 4.93. The van der Waals surface area contributed by atoms with Crippen molar-refractivity contribution < 1.29 is 28.6 Å². The molecular formula is C24H24FN5O5. The number of carbonyl (C=O) groups excluding carboxylic acids is 1. The zero-order chi connectivity index (χ0) is 25.2. The molecule has 0 radical (unpaired) electrons. The topological polar surface area (TPSA) is 136 Å². The average Bonchev–Trinajstić information content (AvgIpc) is 3.26. The van der Waals surface area contributed by atoms with Crippen molar-refractivity contribution in [1.82, 2.24) is 15.0 Å². The summed E-state index contributed by atoms with van der Waals surface area (Å²) < 4.78 is 24.9. The number of rotatable bonds is 6. The Labute approximate surface area is 200 Å². The molecule has 3 aromatic rings. The Kier molecular flexibility index (Phi) is 6.50. The van der Waals surface area contributed by atoms with Crippen molar-refractivity contribution in [2.45, 2.75) is 39.3 Å². The minimum Gasteiger partial charge on any atom is -0.492 e. The zero-order valence-corrected chi connectivity index (χ0v) is 19.4. The number of ether oxygens (including phenoxy) is 2. The van der Waals surface area contributed by atoms with Gasteiger partial charge in [0.15, 0.2) is 0 Å². The van der Waals surface area contributed by atoms with Gasteiger partial charge in [-0.2, -0.15) is 0 Å². The molecule has 182 valence electrons. The number of nitrogens with zero attached hydrogens (tertiary/aromatic N) is 3. The Morgan fingerprint density at radius 1 is 1.23 bits per heavy atom.